The van der Waals surface area contributed by atoms with E-state index in [9.17, 15) is 0 Å². The summed E-state index contributed by atoms with van der Waals surface area (Å²) in [4.78, 5) is 9.42. The Morgan fingerprint density at radius 1 is 1.32 bits per heavy atom. The van der Waals surface area contributed by atoms with Gasteiger partial charge in [0.1, 0.15) is 11.3 Å². The van der Waals surface area contributed by atoms with Gasteiger partial charge >= 0.3 is 0 Å². The molecule has 3 rings (SSSR count). The van der Waals surface area contributed by atoms with Crippen molar-refractivity contribution in [3.8, 4) is 0 Å². The minimum absolute atomic E-state index is 0.0543. The molecule has 3 nitrogen and oxygen atoms in total. The van der Waals surface area contributed by atoms with Gasteiger partial charge in [-0.05, 0) is 37.1 Å². The fourth-order valence-electron chi connectivity index (χ4n) is 2.66. The molecule has 1 aliphatic rings. The second kappa shape index (κ2) is 4.82. The molecule has 0 aliphatic carbocycles. The minimum Gasteiger partial charge on any atom is -0.300 e. The van der Waals surface area contributed by atoms with Gasteiger partial charge in [-0.25, -0.2) is 9.97 Å². The molecular weight excluding hydrogens is 254 g/mol. The molecule has 0 amide bonds. The van der Waals surface area contributed by atoms with Crippen LogP contribution < -0.4 is 0 Å². The largest absolute Gasteiger partial charge is 0.300 e. The van der Waals surface area contributed by atoms with Crippen molar-refractivity contribution in [3.05, 3.63) is 24.2 Å². The summed E-state index contributed by atoms with van der Waals surface area (Å²) in [6.07, 6.45) is 5.76. The highest BCUT2D eigenvalue weighted by Crippen LogP contribution is 2.39. The van der Waals surface area contributed by atoms with Gasteiger partial charge in [0, 0.05) is 11.6 Å². The first kappa shape index (κ1) is 13.0. The molecule has 0 N–H and O–H groups in total. The van der Waals surface area contributed by atoms with Crippen LogP contribution in [0.1, 0.15) is 51.2 Å². The maximum atomic E-state index is 4.85. The first-order valence-electron chi connectivity index (χ1n) is 7.02. The monoisotopic (exact) mass is 275 g/mol. The predicted octanol–water partition coefficient (Wildman–Crippen LogP) is 4.14. The number of nitrogens with zero attached hydrogens (tertiary/aromatic N) is 3. The quantitative estimate of drug-likeness (QED) is 0.783. The smallest absolute Gasteiger partial charge is 0.160 e. The van der Waals surface area contributed by atoms with E-state index in [-0.39, 0.29) is 5.41 Å². The van der Waals surface area contributed by atoms with Gasteiger partial charge in [0.25, 0.3) is 0 Å². The normalized spacial score (nSPS) is 20.9. The number of fused-ring (bicyclic) bond motifs is 1. The first-order chi connectivity index (χ1) is 9.07. The molecule has 1 aliphatic heterocycles. The summed E-state index contributed by atoms with van der Waals surface area (Å²) in [6, 6.07) is 4.04. The molecule has 1 saturated heterocycles. The van der Waals surface area contributed by atoms with Gasteiger partial charge in [0.05, 0.1) is 5.37 Å². The lowest BCUT2D eigenvalue weighted by Crippen LogP contribution is -2.22. The van der Waals surface area contributed by atoms with E-state index in [2.05, 4.69) is 36.4 Å². The molecule has 1 fully saturated rings. The van der Waals surface area contributed by atoms with Crippen molar-refractivity contribution in [2.75, 3.05) is 5.75 Å². The Morgan fingerprint density at radius 2 is 2.16 bits per heavy atom. The molecule has 0 radical (unpaired) electrons. The van der Waals surface area contributed by atoms with Gasteiger partial charge in [-0.3, -0.25) is 4.57 Å². The van der Waals surface area contributed by atoms with Crippen molar-refractivity contribution in [1.82, 2.24) is 14.5 Å². The van der Waals surface area contributed by atoms with Crippen LogP contribution in [0.5, 0.6) is 0 Å². The maximum Gasteiger partial charge on any atom is 0.160 e. The number of thioether (sulfide) groups is 1. The standard InChI is InChI=1S/C15H21N3S/c1-15(2,3)14-17-11-7-6-9-16-13(11)18(14)12-8-4-5-10-19-12/h6-7,9,12H,4-5,8,10H2,1-3H3. The summed E-state index contributed by atoms with van der Waals surface area (Å²) >= 11 is 2.05. The van der Waals surface area contributed by atoms with Crippen molar-refractivity contribution in [1.29, 1.82) is 0 Å². The number of imidazole rings is 1. The van der Waals surface area contributed by atoms with Crippen molar-refractivity contribution in [2.45, 2.75) is 50.8 Å². The third kappa shape index (κ3) is 2.38. The lowest BCUT2D eigenvalue weighted by Gasteiger charge is -2.28. The molecule has 2 aromatic heterocycles. The highest BCUT2D eigenvalue weighted by Gasteiger charge is 2.28. The minimum atomic E-state index is 0.0543. The van der Waals surface area contributed by atoms with E-state index < -0.39 is 0 Å². The average Bonchev–Trinajstić information content (AvgIpc) is 2.79. The van der Waals surface area contributed by atoms with Gasteiger partial charge in [-0.1, -0.05) is 20.8 Å². The number of hydrogen-bond donors (Lipinski definition) is 0. The van der Waals surface area contributed by atoms with Crippen molar-refractivity contribution in [3.63, 3.8) is 0 Å². The number of hydrogen-bond acceptors (Lipinski definition) is 3. The molecule has 1 atom stereocenters. The summed E-state index contributed by atoms with van der Waals surface area (Å²) in [5, 5.41) is 0.503. The molecule has 102 valence electrons. The average molecular weight is 275 g/mol. The van der Waals surface area contributed by atoms with E-state index in [0.29, 0.717) is 5.37 Å². The Bertz CT molecular complexity index is 577. The van der Waals surface area contributed by atoms with Crippen LogP contribution in [-0.4, -0.2) is 20.3 Å². The number of rotatable bonds is 1. The Labute approximate surface area is 118 Å². The molecule has 19 heavy (non-hydrogen) atoms. The van der Waals surface area contributed by atoms with E-state index in [1.807, 2.05) is 24.0 Å². The van der Waals surface area contributed by atoms with Crippen molar-refractivity contribution < 1.29 is 0 Å². The van der Waals surface area contributed by atoms with Crippen LogP contribution in [0.4, 0.5) is 0 Å². The topological polar surface area (TPSA) is 30.7 Å². The zero-order valence-corrected chi connectivity index (χ0v) is 12.7. The Balaban J connectivity index is 2.18. The molecule has 1 unspecified atom stereocenters. The summed E-state index contributed by atoms with van der Waals surface area (Å²) in [7, 11) is 0. The van der Waals surface area contributed by atoms with Crippen LogP contribution in [0.25, 0.3) is 11.2 Å². The zero-order chi connectivity index (χ0) is 13.5. The van der Waals surface area contributed by atoms with Gasteiger partial charge in [-0.15, -0.1) is 11.8 Å². The molecule has 2 aromatic rings. The number of pyridine rings is 1. The molecule has 4 heteroatoms. The molecular formula is C15H21N3S. The molecule has 0 saturated carbocycles. The molecule has 0 aromatic carbocycles. The van der Waals surface area contributed by atoms with E-state index in [4.69, 9.17) is 4.98 Å². The van der Waals surface area contributed by atoms with E-state index in [1.165, 1.54) is 30.8 Å². The molecule has 0 spiro atoms. The molecule has 0 bridgehead atoms. The summed E-state index contributed by atoms with van der Waals surface area (Å²) in [5.74, 6) is 2.42. The van der Waals surface area contributed by atoms with E-state index in [0.717, 1.165) is 11.2 Å². The van der Waals surface area contributed by atoms with E-state index in [1.54, 1.807) is 0 Å². The number of aromatic nitrogens is 3. The summed E-state index contributed by atoms with van der Waals surface area (Å²) in [6.45, 7) is 6.70. The van der Waals surface area contributed by atoms with Crippen LogP contribution in [0.15, 0.2) is 18.3 Å². The van der Waals surface area contributed by atoms with Gasteiger partial charge in [0.2, 0.25) is 0 Å². The van der Waals surface area contributed by atoms with Crippen LogP contribution in [0.3, 0.4) is 0 Å². The highest BCUT2D eigenvalue weighted by molar-refractivity contribution is 7.99. The maximum absolute atomic E-state index is 4.85. The Hall–Kier alpha value is -1.03. The third-order valence-corrected chi connectivity index (χ3v) is 4.92. The van der Waals surface area contributed by atoms with Crippen LogP contribution >= 0.6 is 11.8 Å². The summed E-state index contributed by atoms with van der Waals surface area (Å²) < 4.78 is 2.39. The second-order valence-electron chi connectivity index (χ2n) is 6.22. The van der Waals surface area contributed by atoms with Gasteiger partial charge in [-0.2, -0.15) is 0 Å². The van der Waals surface area contributed by atoms with Crippen LogP contribution in [0.2, 0.25) is 0 Å². The highest BCUT2D eigenvalue weighted by atomic mass is 32.2. The fourth-order valence-corrected chi connectivity index (χ4v) is 3.98. The van der Waals surface area contributed by atoms with E-state index >= 15 is 0 Å². The Morgan fingerprint density at radius 3 is 2.84 bits per heavy atom. The van der Waals surface area contributed by atoms with Crippen molar-refractivity contribution in [2.24, 2.45) is 0 Å². The van der Waals surface area contributed by atoms with Crippen LogP contribution in [0, 0.1) is 0 Å². The fraction of sp³-hybridized carbons (Fsp3) is 0.600. The lowest BCUT2D eigenvalue weighted by atomic mass is 9.95. The lowest BCUT2D eigenvalue weighted by molar-refractivity contribution is 0.478. The third-order valence-electron chi connectivity index (χ3n) is 3.56. The SMILES string of the molecule is CC(C)(C)c1nc2cccnc2n1C1CCCCS1. The summed E-state index contributed by atoms with van der Waals surface area (Å²) in [5.41, 5.74) is 2.13. The zero-order valence-electron chi connectivity index (χ0n) is 11.9. The predicted molar refractivity (Wildman–Crippen MR) is 81.6 cm³/mol. The van der Waals surface area contributed by atoms with Gasteiger partial charge < -0.3 is 0 Å². The second-order valence-corrected chi connectivity index (χ2v) is 7.51. The molecule has 3 heterocycles. The Kier molecular flexibility index (Phi) is 3.29. The van der Waals surface area contributed by atoms with Gasteiger partial charge in [0.15, 0.2) is 5.65 Å². The first-order valence-corrected chi connectivity index (χ1v) is 8.07. The van der Waals surface area contributed by atoms with Crippen LogP contribution in [-0.2, 0) is 5.41 Å². The van der Waals surface area contributed by atoms with Crippen molar-refractivity contribution >= 4 is 22.9 Å².